The zero-order chi connectivity index (χ0) is 33.7. The van der Waals surface area contributed by atoms with E-state index in [-0.39, 0.29) is 23.4 Å². The number of nitrogens with zero attached hydrogens (tertiary/aromatic N) is 3. The van der Waals surface area contributed by atoms with Crippen molar-refractivity contribution in [3.8, 4) is 23.0 Å². The Morgan fingerprint density at radius 2 is 1.74 bits per heavy atom. The van der Waals surface area contributed by atoms with E-state index in [0.717, 1.165) is 9.13 Å². The van der Waals surface area contributed by atoms with E-state index in [0.29, 0.717) is 56.7 Å². The predicted octanol–water partition coefficient (Wildman–Crippen LogP) is 4.92. The van der Waals surface area contributed by atoms with Gasteiger partial charge in [-0.25, -0.2) is 9.79 Å². The van der Waals surface area contributed by atoms with Crippen molar-refractivity contribution in [1.29, 1.82) is 0 Å². The number of ether oxygens (including phenoxy) is 5. The fourth-order valence-corrected chi connectivity index (χ4v) is 6.72. The number of carbonyl (C=O) groups is 1. The molecule has 0 unspecified atom stereocenters. The molecule has 0 spiro atoms. The lowest BCUT2D eigenvalue weighted by molar-refractivity contribution is -0.384. The molecule has 1 aliphatic rings. The summed E-state index contributed by atoms with van der Waals surface area (Å²) in [6.07, 6.45) is 3.17. The first-order valence-corrected chi connectivity index (χ1v) is 16.3. The summed E-state index contributed by atoms with van der Waals surface area (Å²) in [7, 11) is 2.80. The van der Waals surface area contributed by atoms with Crippen molar-refractivity contribution in [2.24, 2.45) is 4.99 Å². The second kappa shape index (κ2) is 14.8. The Morgan fingerprint density at radius 3 is 2.40 bits per heavy atom. The molecule has 0 aliphatic carbocycles. The Bertz CT molecular complexity index is 2040. The van der Waals surface area contributed by atoms with Crippen molar-refractivity contribution in [3.05, 3.63) is 116 Å². The summed E-state index contributed by atoms with van der Waals surface area (Å²) in [5.41, 5.74) is 1.92. The number of carbonyl (C=O) groups excluding carboxylic acids is 1. The molecule has 0 N–H and O–H groups in total. The molecule has 1 aromatic heterocycles. The number of esters is 1. The number of rotatable bonds is 12. The van der Waals surface area contributed by atoms with E-state index in [2.05, 4.69) is 27.6 Å². The maximum absolute atomic E-state index is 14.0. The van der Waals surface area contributed by atoms with Gasteiger partial charge in [-0.1, -0.05) is 17.4 Å². The molecular weight excluding hydrogens is 741 g/mol. The largest absolute Gasteiger partial charge is 0.493 e. The molecule has 1 aliphatic heterocycles. The van der Waals surface area contributed by atoms with Crippen LogP contribution in [0.4, 0.5) is 5.69 Å². The number of fused-ring (bicyclic) bond motifs is 1. The second-order valence-electron chi connectivity index (χ2n) is 9.99. The number of thiazole rings is 1. The van der Waals surface area contributed by atoms with Gasteiger partial charge in [-0.2, -0.15) is 0 Å². The average molecular weight is 772 g/mol. The van der Waals surface area contributed by atoms with Crippen molar-refractivity contribution in [1.82, 2.24) is 4.57 Å². The maximum Gasteiger partial charge on any atom is 0.337 e. The number of nitro benzene ring substituents is 1. The third kappa shape index (κ3) is 7.17. The molecule has 14 heteroatoms. The van der Waals surface area contributed by atoms with E-state index in [9.17, 15) is 19.7 Å². The topological polar surface area (TPSA) is 141 Å². The van der Waals surface area contributed by atoms with Crippen LogP contribution in [0.3, 0.4) is 0 Å². The Kier molecular flexibility index (Phi) is 10.6. The Hall–Kier alpha value is -4.70. The highest BCUT2D eigenvalue weighted by Crippen LogP contribution is 2.36. The first-order chi connectivity index (χ1) is 22.7. The summed E-state index contributed by atoms with van der Waals surface area (Å²) < 4.78 is 30.8. The summed E-state index contributed by atoms with van der Waals surface area (Å²) in [5, 5.41) is 11.0. The molecule has 0 saturated carbocycles. The van der Waals surface area contributed by atoms with Gasteiger partial charge in [0.1, 0.15) is 6.61 Å². The highest BCUT2D eigenvalue weighted by Gasteiger charge is 2.31. The van der Waals surface area contributed by atoms with E-state index in [4.69, 9.17) is 23.7 Å². The lowest BCUT2D eigenvalue weighted by atomic mass is 9.97. The third-order valence-electron chi connectivity index (χ3n) is 7.09. The summed E-state index contributed by atoms with van der Waals surface area (Å²) in [6.45, 7) is 4.74. The molecule has 0 bridgehead atoms. The van der Waals surface area contributed by atoms with Gasteiger partial charge in [0.2, 0.25) is 0 Å². The SMILES string of the molecule is CCOc1ccc([C@@H]2C(C(=O)OC)=CN=c3s/c(=C\c4cc(I)c(OCc5ccc([N+](=O)[O-])cc5)c(OC)c4)c(=O)n32)cc1OCC. The minimum absolute atomic E-state index is 0.00174. The highest BCUT2D eigenvalue weighted by molar-refractivity contribution is 14.1. The molecule has 12 nitrogen and oxygen atoms in total. The number of nitro groups is 1. The van der Waals surface area contributed by atoms with Crippen LogP contribution in [0.15, 0.2) is 76.2 Å². The Morgan fingerprint density at radius 1 is 1.02 bits per heavy atom. The lowest BCUT2D eigenvalue weighted by Crippen LogP contribution is -2.39. The van der Waals surface area contributed by atoms with E-state index >= 15 is 0 Å². The van der Waals surface area contributed by atoms with Crippen LogP contribution < -0.4 is 33.8 Å². The molecule has 0 saturated heterocycles. The monoisotopic (exact) mass is 771 g/mol. The van der Waals surface area contributed by atoms with Gasteiger partial charge < -0.3 is 23.7 Å². The smallest absolute Gasteiger partial charge is 0.337 e. The molecule has 4 aromatic rings. The number of benzene rings is 3. The minimum Gasteiger partial charge on any atom is -0.493 e. The number of halogens is 1. The van der Waals surface area contributed by atoms with Gasteiger partial charge in [0.05, 0.1) is 52.1 Å². The molecule has 0 fully saturated rings. The number of methoxy groups -OCH3 is 2. The van der Waals surface area contributed by atoms with Gasteiger partial charge in [-0.15, -0.1) is 0 Å². The second-order valence-corrected chi connectivity index (χ2v) is 12.2. The lowest BCUT2D eigenvalue weighted by Gasteiger charge is -2.23. The first kappa shape index (κ1) is 33.7. The quantitative estimate of drug-likeness (QED) is 0.0851. The van der Waals surface area contributed by atoms with Gasteiger partial charge in [0.25, 0.3) is 11.2 Å². The van der Waals surface area contributed by atoms with Gasteiger partial charge in [-0.05, 0) is 95.6 Å². The zero-order valence-corrected chi connectivity index (χ0v) is 28.8. The molecular formula is C33H30IN3O9S. The summed E-state index contributed by atoms with van der Waals surface area (Å²) in [6, 6.07) is 14.2. The third-order valence-corrected chi connectivity index (χ3v) is 8.89. The molecule has 0 amide bonds. The Balaban J connectivity index is 1.53. The molecule has 244 valence electrons. The van der Waals surface area contributed by atoms with Crippen LogP contribution >= 0.6 is 33.9 Å². The fourth-order valence-electron chi connectivity index (χ4n) is 4.97. The zero-order valence-electron chi connectivity index (χ0n) is 25.9. The average Bonchev–Trinajstić information content (AvgIpc) is 3.38. The van der Waals surface area contributed by atoms with Crippen molar-refractivity contribution in [3.63, 3.8) is 0 Å². The van der Waals surface area contributed by atoms with E-state index in [1.807, 2.05) is 19.9 Å². The van der Waals surface area contributed by atoms with Gasteiger partial charge in [0.15, 0.2) is 27.8 Å². The predicted molar refractivity (Wildman–Crippen MR) is 183 cm³/mol. The van der Waals surface area contributed by atoms with E-state index < -0.39 is 16.9 Å². The fraction of sp³-hybridized carbons (Fsp3) is 0.242. The van der Waals surface area contributed by atoms with Crippen LogP contribution in [0.25, 0.3) is 6.08 Å². The number of aromatic nitrogens is 1. The van der Waals surface area contributed by atoms with Gasteiger partial charge in [-0.3, -0.25) is 19.5 Å². The van der Waals surface area contributed by atoms with Crippen LogP contribution in [0.1, 0.15) is 36.6 Å². The summed E-state index contributed by atoms with van der Waals surface area (Å²) in [4.78, 5) is 42.3. The number of non-ortho nitro benzene ring substituents is 1. The van der Waals surface area contributed by atoms with Crippen molar-refractivity contribution in [2.75, 3.05) is 27.4 Å². The maximum atomic E-state index is 14.0. The van der Waals surface area contributed by atoms with Gasteiger partial charge in [0, 0.05) is 18.3 Å². The van der Waals surface area contributed by atoms with Crippen molar-refractivity contribution >= 4 is 51.7 Å². The van der Waals surface area contributed by atoms with E-state index in [1.54, 1.807) is 42.5 Å². The van der Waals surface area contributed by atoms with Crippen LogP contribution in [0.2, 0.25) is 0 Å². The molecule has 0 radical (unpaired) electrons. The van der Waals surface area contributed by atoms with Crippen molar-refractivity contribution in [2.45, 2.75) is 26.5 Å². The van der Waals surface area contributed by atoms with Crippen LogP contribution in [-0.2, 0) is 16.1 Å². The van der Waals surface area contributed by atoms with Gasteiger partial charge >= 0.3 is 5.97 Å². The first-order valence-electron chi connectivity index (χ1n) is 14.4. The standard InChI is InChI=1S/C33H30IN3O9S/c1-5-44-25-12-9-21(16-26(25)45-6-2)29-23(32(39)43-4)17-35-33-36(29)31(38)28(47-33)15-20-13-24(34)30(27(14-20)42-3)46-18-19-7-10-22(11-8-19)37(40)41/h7-17,29H,5-6,18H2,1-4H3/b28-15-/t29-/m1/s1. The van der Waals surface area contributed by atoms with Crippen LogP contribution in [0, 0.1) is 13.7 Å². The number of hydrogen-bond acceptors (Lipinski definition) is 11. The van der Waals surface area contributed by atoms with Crippen LogP contribution in [0.5, 0.6) is 23.0 Å². The Labute approximate surface area is 286 Å². The molecule has 5 rings (SSSR count). The molecule has 1 atom stereocenters. The summed E-state index contributed by atoms with van der Waals surface area (Å²) >= 11 is 3.32. The van der Waals surface area contributed by atoms with Crippen LogP contribution in [-0.4, -0.2) is 42.9 Å². The minimum atomic E-state index is -0.819. The normalized spacial score (nSPS) is 14.0. The summed E-state index contributed by atoms with van der Waals surface area (Å²) in [5.74, 6) is 1.38. The highest BCUT2D eigenvalue weighted by atomic mass is 127. The van der Waals surface area contributed by atoms with Crippen molar-refractivity contribution < 1.29 is 33.4 Å². The molecule has 2 heterocycles. The van der Waals surface area contributed by atoms with E-state index in [1.165, 1.54) is 48.5 Å². The molecule has 47 heavy (non-hydrogen) atoms. The molecule has 3 aromatic carbocycles. The number of hydrogen-bond donors (Lipinski definition) is 0.